The third-order valence-electron chi connectivity index (χ3n) is 3.11. The van der Waals surface area contributed by atoms with Gasteiger partial charge in [0, 0.05) is 13.1 Å². The molecule has 0 saturated carbocycles. The number of carbonyl (C=O) groups is 1. The van der Waals surface area contributed by atoms with Crippen LogP contribution in [-0.4, -0.2) is 67.7 Å². The Morgan fingerprint density at radius 3 is 2.93 bits per heavy atom. The molecule has 0 radical (unpaired) electrons. The second-order valence-electron chi connectivity index (χ2n) is 4.11. The first-order valence-corrected chi connectivity index (χ1v) is 5.01. The predicted molar refractivity (Wildman–Crippen MR) is 51.6 cm³/mol. The quantitative estimate of drug-likeness (QED) is 0.569. The maximum Gasteiger partial charge on any atom is 0.348 e. The van der Waals surface area contributed by atoms with E-state index in [2.05, 4.69) is 10.2 Å². The summed E-state index contributed by atoms with van der Waals surface area (Å²) in [6, 6.07) is 0. The molecule has 2 aliphatic rings. The van der Waals surface area contributed by atoms with E-state index in [9.17, 15) is 4.79 Å². The van der Waals surface area contributed by atoms with E-state index in [4.69, 9.17) is 14.6 Å². The molecule has 86 valence electrons. The highest BCUT2D eigenvalue weighted by Gasteiger charge is 2.43. The van der Waals surface area contributed by atoms with Gasteiger partial charge in [-0.15, -0.1) is 0 Å². The van der Waals surface area contributed by atoms with E-state index in [1.807, 2.05) is 7.05 Å². The molecule has 2 rings (SSSR count). The molecule has 0 aromatic heterocycles. The largest absolute Gasteiger partial charge is 0.478 e. The summed E-state index contributed by atoms with van der Waals surface area (Å²) in [5.74, 6) is -0.968. The summed E-state index contributed by atoms with van der Waals surface area (Å²) in [5, 5.41) is 11.6. The Balaban J connectivity index is 1.98. The Hall–Kier alpha value is -0.690. The van der Waals surface area contributed by atoms with Crippen LogP contribution in [0.3, 0.4) is 0 Å². The van der Waals surface area contributed by atoms with Crippen molar-refractivity contribution < 1.29 is 19.4 Å². The summed E-state index contributed by atoms with van der Waals surface area (Å²) >= 11 is 0. The molecule has 0 aliphatic carbocycles. The lowest BCUT2D eigenvalue weighted by Crippen LogP contribution is -2.68. The molecule has 0 aromatic carbocycles. The van der Waals surface area contributed by atoms with Crippen molar-refractivity contribution in [3.8, 4) is 0 Å². The van der Waals surface area contributed by atoms with E-state index in [1.54, 1.807) is 0 Å². The Bertz CT molecular complexity index is 250. The van der Waals surface area contributed by atoms with Gasteiger partial charge < -0.3 is 14.6 Å². The summed E-state index contributed by atoms with van der Waals surface area (Å²) in [4.78, 5) is 12.8. The van der Waals surface area contributed by atoms with Crippen LogP contribution in [0.4, 0.5) is 0 Å². The summed E-state index contributed by atoms with van der Waals surface area (Å²) in [6.45, 7) is 3.14. The average molecular weight is 216 g/mol. The predicted octanol–water partition coefficient (Wildman–Crippen LogP) is -1.28. The minimum absolute atomic E-state index is 0.204. The topological polar surface area (TPSA) is 71.0 Å². The third-order valence-corrected chi connectivity index (χ3v) is 3.11. The van der Waals surface area contributed by atoms with E-state index in [0.29, 0.717) is 19.8 Å². The lowest BCUT2D eigenvalue weighted by molar-refractivity contribution is -0.173. The smallest absolute Gasteiger partial charge is 0.348 e. The Morgan fingerprint density at radius 2 is 2.40 bits per heavy atom. The molecular formula is C9H16N2O4. The van der Waals surface area contributed by atoms with Gasteiger partial charge in [0.15, 0.2) is 0 Å². The van der Waals surface area contributed by atoms with Crippen molar-refractivity contribution >= 4 is 5.97 Å². The summed E-state index contributed by atoms with van der Waals surface area (Å²) in [5.41, 5.74) is -0.204. The molecule has 2 saturated heterocycles. The normalized spacial score (nSPS) is 38.1. The zero-order valence-corrected chi connectivity index (χ0v) is 8.73. The Labute approximate surface area is 88.1 Å². The molecule has 15 heavy (non-hydrogen) atoms. The van der Waals surface area contributed by atoms with E-state index >= 15 is 0 Å². The zero-order valence-electron chi connectivity index (χ0n) is 8.73. The van der Waals surface area contributed by atoms with Gasteiger partial charge >= 0.3 is 5.97 Å². The van der Waals surface area contributed by atoms with Gasteiger partial charge in [0.1, 0.15) is 0 Å². The highest BCUT2D eigenvalue weighted by atomic mass is 16.5. The molecule has 6 nitrogen and oxygen atoms in total. The van der Waals surface area contributed by atoms with Crippen molar-refractivity contribution in [3.05, 3.63) is 0 Å². The molecule has 0 bridgehead atoms. The van der Waals surface area contributed by atoms with Gasteiger partial charge in [-0.25, -0.2) is 4.79 Å². The van der Waals surface area contributed by atoms with Gasteiger partial charge in [-0.3, -0.25) is 10.2 Å². The van der Waals surface area contributed by atoms with Gasteiger partial charge in [0.2, 0.25) is 6.23 Å². The number of nitrogens with zero attached hydrogens (tertiary/aromatic N) is 1. The van der Waals surface area contributed by atoms with Gasteiger partial charge in [0.05, 0.1) is 25.4 Å². The molecule has 6 heteroatoms. The molecule has 1 spiro atoms. The second-order valence-corrected chi connectivity index (χ2v) is 4.11. The van der Waals surface area contributed by atoms with Gasteiger partial charge in [-0.1, -0.05) is 0 Å². The van der Waals surface area contributed by atoms with Crippen molar-refractivity contribution in [2.24, 2.45) is 0 Å². The lowest BCUT2D eigenvalue weighted by atomic mass is 9.97. The first kappa shape index (κ1) is 10.8. The molecule has 2 atom stereocenters. The fourth-order valence-electron chi connectivity index (χ4n) is 1.94. The van der Waals surface area contributed by atoms with E-state index in [1.165, 1.54) is 0 Å². The van der Waals surface area contributed by atoms with Crippen LogP contribution in [0.1, 0.15) is 0 Å². The first-order chi connectivity index (χ1) is 7.14. The molecule has 0 amide bonds. The number of carboxylic acid groups (broad SMARTS) is 1. The highest BCUT2D eigenvalue weighted by Crippen LogP contribution is 2.21. The van der Waals surface area contributed by atoms with Gasteiger partial charge in [0.25, 0.3) is 0 Å². The minimum Gasteiger partial charge on any atom is -0.478 e. The molecule has 2 aliphatic heterocycles. The fourth-order valence-corrected chi connectivity index (χ4v) is 1.94. The maximum absolute atomic E-state index is 10.7. The third kappa shape index (κ3) is 1.98. The number of morpholine rings is 1. The number of aliphatic carboxylic acids is 1. The van der Waals surface area contributed by atoms with Crippen LogP contribution in [-0.2, 0) is 14.3 Å². The number of rotatable bonds is 1. The number of hydrogen-bond donors (Lipinski definition) is 2. The molecule has 0 aromatic rings. The second kappa shape index (κ2) is 4.05. The number of carboxylic acids is 1. The molecular weight excluding hydrogens is 200 g/mol. The van der Waals surface area contributed by atoms with Crippen LogP contribution in [0, 0.1) is 0 Å². The average Bonchev–Trinajstić information content (AvgIpc) is 2.23. The Kier molecular flexibility index (Phi) is 2.92. The number of nitrogens with one attached hydrogen (secondary N) is 1. The summed E-state index contributed by atoms with van der Waals surface area (Å²) in [7, 11) is 2.01. The zero-order chi connectivity index (χ0) is 10.9. The van der Waals surface area contributed by atoms with Crippen LogP contribution in [0.5, 0.6) is 0 Å². The first-order valence-electron chi connectivity index (χ1n) is 5.01. The van der Waals surface area contributed by atoms with Crippen molar-refractivity contribution in [2.75, 3.05) is 40.0 Å². The van der Waals surface area contributed by atoms with E-state index in [-0.39, 0.29) is 5.54 Å². The van der Waals surface area contributed by atoms with Gasteiger partial charge in [-0.05, 0) is 7.05 Å². The van der Waals surface area contributed by atoms with Crippen LogP contribution in [0.2, 0.25) is 0 Å². The number of hydrogen-bond acceptors (Lipinski definition) is 5. The monoisotopic (exact) mass is 216 g/mol. The SMILES string of the molecule is CN1CCOCC12CNC(C(=O)O)OC2. The van der Waals surface area contributed by atoms with Crippen LogP contribution >= 0.6 is 0 Å². The van der Waals surface area contributed by atoms with Crippen LogP contribution in [0.25, 0.3) is 0 Å². The standard InChI is InChI=1S/C9H16N2O4/c1-11-2-3-14-5-9(11)4-10-7(8(12)13)15-6-9/h7,10H,2-6H2,1H3,(H,12,13). The molecule has 2 fully saturated rings. The van der Waals surface area contributed by atoms with Crippen LogP contribution < -0.4 is 5.32 Å². The van der Waals surface area contributed by atoms with Crippen molar-refractivity contribution in [1.29, 1.82) is 0 Å². The van der Waals surface area contributed by atoms with E-state index in [0.717, 1.165) is 13.2 Å². The van der Waals surface area contributed by atoms with E-state index < -0.39 is 12.2 Å². The van der Waals surface area contributed by atoms with Crippen LogP contribution in [0.15, 0.2) is 0 Å². The maximum atomic E-state index is 10.7. The number of likely N-dealkylation sites (N-methyl/N-ethyl adjacent to an activating group) is 1. The fraction of sp³-hybridized carbons (Fsp3) is 0.889. The van der Waals surface area contributed by atoms with Gasteiger partial charge in [-0.2, -0.15) is 0 Å². The molecule has 2 N–H and O–H groups in total. The van der Waals surface area contributed by atoms with Crippen molar-refractivity contribution in [2.45, 2.75) is 11.8 Å². The minimum atomic E-state index is -0.968. The molecule has 2 unspecified atom stereocenters. The molecule has 2 heterocycles. The highest BCUT2D eigenvalue weighted by molar-refractivity contribution is 5.71. The number of ether oxygens (including phenoxy) is 2. The summed E-state index contributed by atoms with van der Waals surface area (Å²) < 4.78 is 10.7. The summed E-state index contributed by atoms with van der Waals surface area (Å²) in [6.07, 6.45) is -0.883. The Morgan fingerprint density at radius 1 is 1.60 bits per heavy atom. The van der Waals surface area contributed by atoms with Crippen molar-refractivity contribution in [3.63, 3.8) is 0 Å². The van der Waals surface area contributed by atoms with Crippen molar-refractivity contribution in [1.82, 2.24) is 10.2 Å². The lowest BCUT2D eigenvalue weighted by Gasteiger charge is -2.48.